The number of carbonyl (C=O) groups excluding carboxylic acids is 2. The number of rotatable bonds is 1. The van der Waals surface area contributed by atoms with Crippen LogP contribution in [0.5, 0.6) is 0 Å². The summed E-state index contributed by atoms with van der Waals surface area (Å²) in [6.07, 6.45) is 0. The molecule has 0 bridgehead atoms. The van der Waals surface area contributed by atoms with Crippen molar-refractivity contribution in [2.45, 2.75) is 27.7 Å². The van der Waals surface area contributed by atoms with E-state index in [2.05, 4.69) is 0 Å². The molecule has 4 nitrogen and oxygen atoms in total. The van der Waals surface area contributed by atoms with Crippen LogP contribution in [0.1, 0.15) is 27.7 Å². The summed E-state index contributed by atoms with van der Waals surface area (Å²) in [6, 6.07) is 0. The fourth-order valence-corrected chi connectivity index (χ4v) is 2.07. The van der Waals surface area contributed by atoms with Crippen molar-refractivity contribution < 1.29 is 14.3 Å². The Morgan fingerprint density at radius 1 is 1.25 bits per heavy atom. The molecule has 2 unspecified atom stereocenters. The van der Waals surface area contributed by atoms with Gasteiger partial charge in [0.25, 0.3) is 0 Å². The maximum atomic E-state index is 12.0. The van der Waals surface area contributed by atoms with Gasteiger partial charge < -0.3 is 9.64 Å². The van der Waals surface area contributed by atoms with E-state index in [1.54, 1.807) is 4.90 Å². The van der Waals surface area contributed by atoms with Gasteiger partial charge in [-0.05, 0) is 5.92 Å². The maximum absolute atomic E-state index is 12.0. The molecule has 0 aromatic heterocycles. The largest absolute Gasteiger partial charge is 0.469 e. The monoisotopic (exact) mass is 227 g/mol. The molecule has 16 heavy (non-hydrogen) atoms. The third-order valence-electron chi connectivity index (χ3n) is 3.05. The summed E-state index contributed by atoms with van der Waals surface area (Å²) in [5, 5.41) is 0. The Labute approximate surface area is 96.9 Å². The molecule has 0 aromatic carbocycles. The fraction of sp³-hybridized carbons (Fsp3) is 0.833. The second kappa shape index (κ2) is 4.44. The van der Waals surface area contributed by atoms with Crippen molar-refractivity contribution in [1.29, 1.82) is 0 Å². The Kier molecular flexibility index (Phi) is 3.61. The molecule has 0 spiro atoms. The Hall–Kier alpha value is -1.06. The number of nitrogens with zero attached hydrogens (tertiary/aromatic N) is 1. The summed E-state index contributed by atoms with van der Waals surface area (Å²) in [5.41, 5.74) is -0.384. The van der Waals surface area contributed by atoms with Gasteiger partial charge in [0, 0.05) is 18.5 Å². The predicted octanol–water partition coefficient (Wildman–Crippen LogP) is 1.30. The van der Waals surface area contributed by atoms with Crippen LogP contribution in [-0.2, 0) is 14.3 Å². The molecule has 0 aromatic rings. The highest BCUT2D eigenvalue weighted by atomic mass is 16.5. The molecule has 92 valence electrons. The topological polar surface area (TPSA) is 46.6 Å². The lowest BCUT2D eigenvalue weighted by atomic mass is 9.95. The molecule has 1 heterocycles. The molecule has 4 heteroatoms. The van der Waals surface area contributed by atoms with Crippen LogP contribution in [0.2, 0.25) is 0 Å². The van der Waals surface area contributed by atoms with Crippen molar-refractivity contribution in [3.8, 4) is 0 Å². The smallest absolute Gasteiger partial charge is 0.310 e. The van der Waals surface area contributed by atoms with Crippen LogP contribution in [-0.4, -0.2) is 37.0 Å². The number of hydrogen-bond acceptors (Lipinski definition) is 3. The van der Waals surface area contributed by atoms with Crippen LogP contribution in [0.25, 0.3) is 0 Å². The van der Waals surface area contributed by atoms with Gasteiger partial charge in [-0.1, -0.05) is 27.7 Å². The lowest BCUT2D eigenvalue weighted by Gasteiger charge is -2.25. The van der Waals surface area contributed by atoms with E-state index in [-0.39, 0.29) is 29.1 Å². The van der Waals surface area contributed by atoms with Gasteiger partial charge in [0.2, 0.25) is 5.91 Å². The van der Waals surface area contributed by atoms with E-state index in [9.17, 15) is 9.59 Å². The molecule has 1 saturated heterocycles. The van der Waals surface area contributed by atoms with E-state index in [1.165, 1.54) is 7.11 Å². The summed E-state index contributed by atoms with van der Waals surface area (Å²) in [4.78, 5) is 25.3. The molecule has 1 aliphatic heterocycles. The van der Waals surface area contributed by atoms with E-state index in [4.69, 9.17) is 4.74 Å². The SMILES string of the molecule is COC(=O)C1CN(C(=O)C(C)(C)C)CC1C. The minimum Gasteiger partial charge on any atom is -0.469 e. The molecular weight excluding hydrogens is 206 g/mol. The molecule has 1 aliphatic rings. The minimum absolute atomic E-state index is 0.103. The van der Waals surface area contributed by atoms with E-state index >= 15 is 0 Å². The van der Waals surface area contributed by atoms with Crippen LogP contribution in [0.4, 0.5) is 0 Å². The third-order valence-corrected chi connectivity index (χ3v) is 3.05. The summed E-state index contributed by atoms with van der Waals surface area (Å²) >= 11 is 0. The van der Waals surface area contributed by atoms with Gasteiger partial charge >= 0.3 is 5.97 Å². The Morgan fingerprint density at radius 3 is 2.25 bits per heavy atom. The van der Waals surface area contributed by atoms with E-state index < -0.39 is 0 Å². The van der Waals surface area contributed by atoms with Gasteiger partial charge in [-0.2, -0.15) is 0 Å². The molecular formula is C12H21NO3. The van der Waals surface area contributed by atoms with Gasteiger partial charge in [-0.3, -0.25) is 9.59 Å². The molecule has 1 fully saturated rings. The van der Waals surface area contributed by atoms with Gasteiger partial charge in [0.05, 0.1) is 13.0 Å². The Balaban J connectivity index is 2.70. The van der Waals surface area contributed by atoms with Crippen molar-refractivity contribution in [2.75, 3.05) is 20.2 Å². The molecule has 0 aliphatic carbocycles. The zero-order chi connectivity index (χ0) is 12.5. The van der Waals surface area contributed by atoms with Crippen molar-refractivity contribution in [3.63, 3.8) is 0 Å². The van der Waals surface area contributed by atoms with Crippen molar-refractivity contribution >= 4 is 11.9 Å². The highest BCUT2D eigenvalue weighted by Crippen LogP contribution is 2.28. The number of likely N-dealkylation sites (tertiary alicyclic amines) is 1. The van der Waals surface area contributed by atoms with E-state index in [0.29, 0.717) is 13.1 Å². The summed E-state index contributed by atoms with van der Waals surface area (Å²) in [5.74, 6) is -0.0995. The summed E-state index contributed by atoms with van der Waals surface area (Å²) in [6.45, 7) is 8.81. The quantitative estimate of drug-likeness (QED) is 0.634. The fourth-order valence-electron chi connectivity index (χ4n) is 2.07. The zero-order valence-electron chi connectivity index (χ0n) is 10.7. The van der Waals surface area contributed by atoms with E-state index in [0.717, 1.165) is 0 Å². The van der Waals surface area contributed by atoms with Crippen LogP contribution in [0.3, 0.4) is 0 Å². The first-order valence-electron chi connectivity index (χ1n) is 5.64. The normalized spacial score (nSPS) is 25.7. The number of esters is 1. The maximum Gasteiger partial charge on any atom is 0.310 e. The molecule has 2 atom stereocenters. The number of amides is 1. The lowest BCUT2D eigenvalue weighted by molar-refractivity contribution is -0.146. The van der Waals surface area contributed by atoms with Gasteiger partial charge in [0.15, 0.2) is 0 Å². The molecule has 0 saturated carbocycles. The van der Waals surface area contributed by atoms with Crippen molar-refractivity contribution in [1.82, 2.24) is 4.90 Å². The number of ether oxygens (including phenoxy) is 1. The Bertz CT molecular complexity index is 293. The molecule has 0 radical (unpaired) electrons. The first kappa shape index (κ1) is 13.0. The molecule has 1 amide bonds. The van der Waals surface area contributed by atoms with Gasteiger partial charge in [-0.15, -0.1) is 0 Å². The highest BCUT2D eigenvalue weighted by molar-refractivity contribution is 5.83. The van der Waals surface area contributed by atoms with Gasteiger partial charge in [-0.25, -0.2) is 0 Å². The summed E-state index contributed by atoms with van der Waals surface area (Å²) < 4.78 is 4.74. The van der Waals surface area contributed by atoms with Crippen LogP contribution in [0.15, 0.2) is 0 Å². The van der Waals surface area contributed by atoms with Gasteiger partial charge in [0.1, 0.15) is 0 Å². The van der Waals surface area contributed by atoms with Crippen molar-refractivity contribution in [3.05, 3.63) is 0 Å². The third kappa shape index (κ3) is 2.54. The second-order valence-electron chi connectivity index (χ2n) is 5.57. The minimum atomic E-state index is -0.384. The molecule has 1 rings (SSSR count). The van der Waals surface area contributed by atoms with Crippen molar-refractivity contribution in [2.24, 2.45) is 17.3 Å². The molecule has 0 N–H and O–H groups in total. The highest BCUT2D eigenvalue weighted by Gasteiger charge is 2.40. The first-order chi connectivity index (χ1) is 7.27. The second-order valence-corrected chi connectivity index (χ2v) is 5.57. The van der Waals surface area contributed by atoms with E-state index in [1.807, 2.05) is 27.7 Å². The Morgan fingerprint density at radius 2 is 1.81 bits per heavy atom. The lowest BCUT2D eigenvalue weighted by Crippen LogP contribution is -2.38. The predicted molar refractivity (Wildman–Crippen MR) is 60.7 cm³/mol. The number of methoxy groups -OCH3 is 1. The standard InChI is InChI=1S/C12H21NO3/c1-8-6-13(11(15)12(2,3)4)7-9(8)10(14)16-5/h8-9H,6-7H2,1-5H3. The number of hydrogen-bond donors (Lipinski definition) is 0. The van der Waals surface area contributed by atoms with Crippen LogP contribution in [0, 0.1) is 17.3 Å². The first-order valence-corrected chi connectivity index (χ1v) is 5.64. The van der Waals surface area contributed by atoms with Crippen LogP contribution >= 0.6 is 0 Å². The van der Waals surface area contributed by atoms with Crippen LogP contribution < -0.4 is 0 Å². The average molecular weight is 227 g/mol. The average Bonchev–Trinajstić information content (AvgIpc) is 2.56. The summed E-state index contributed by atoms with van der Waals surface area (Å²) in [7, 11) is 1.39. The zero-order valence-corrected chi connectivity index (χ0v) is 10.7. The number of carbonyl (C=O) groups is 2.